The summed E-state index contributed by atoms with van der Waals surface area (Å²) in [4.78, 5) is 60.2. The molecular weight excluding hydrogens is 780 g/mol. The highest BCUT2D eigenvalue weighted by Gasteiger charge is 2.52. The number of aryl methyl sites for hydroxylation is 1. The van der Waals surface area contributed by atoms with Crippen LogP contribution in [-0.2, 0) is 20.7 Å². The van der Waals surface area contributed by atoms with Gasteiger partial charge in [0.1, 0.15) is 0 Å². The highest BCUT2D eigenvalue weighted by molar-refractivity contribution is 9.12. The third-order valence-corrected chi connectivity index (χ3v) is 12.1. The molecule has 0 spiro atoms. The largest absolute Gasteiger partial charge is 0.450 e. The molecule has 10 heteroatoms. The molecule has 0 radical (unpaired) electrons. The van der Waals surface area contributed by atoms with Crippen LogP contribution in [0.25, 0.3) is 22.2 Å². The van der Waals surface area contributed by atoms with Crippen molar-refractivity contribution in [2.45, 2.75) is 55.3 Å². The van der Waals surface area contributed by atoms with Gasteiger partial charge in [0.25, 0.3) is 0 Å². The monoisotopic (exact) mass is 808 g/mol. The summed E-state index contributed by atoms with van der Waals surface area (Å²) in [5.41, 5.74) is 4.11. The molecule has 1 saturated carbocycles. The van der Waals surface area contributed by atoms with Crippen LogP contribution in [-0.4, -0.2) is 44.3 Å². The van der Waals surface area contributed by atoms with E-state index in [-0.39, 0.29) is 39.1 Å². The highest BCUT2D eigenvalue weighted by Crippen LogP contribution is 2.44. The molecule has 4 aromatic rings. The minimum Gasteiger partial charge on any atom is -0.450 e. The van der Waals surface area contributed by atoms with Gasteiger partial charge in [-0.25, -0.2) is 9.78 Å². The molecule has 2 fully saturated rings. The van der Waals surface area contributed by atoms with Crippen LogP contribution < -0.4 is 4.90 Å². The van der Waals surface area contributed by atoms with Crippen LogP contribution in [0.1, 0.15) is 59.4 Å². The Kier molecular flexibility index (Phi) is 9.60. The maximum absolute atomic E-state index is 13.8. The Balaban J connectivity index is 1.35. The number of ketones is 1. The van der Waals surface area contributed by atoms with Gasteiger partial charge in [0.15, 0.2) is 6.10 Å². The third-order valence-electron chi connectivity index (χ3n) is 8.86. The number of halogens is 3. The molecule has 46 heavy (non-hydrogen) atoms. The van der Waals surface area contributed by atoms with Crippen LogP contribution >= 0.6 is 47.8 Å². The SMILES string of the molecule is CCc1cc(Br)cc2c(C(=O)OC(CC)C(=O)c3ccccc3)cc(-c3ccc(N4C(=O)C5CC(Br)C(Br)CC5C4=O)cc3)nc12. The average molecular weight is 811 g/mol. The maximum Gasteiger partial charge on any atom is 0.339 e. The fraction of sp³-hybridized carbons (Fsp3) is 0.306. The number of nitrogens with zero attached hydrogens (tertiary/aromatic N) is 2. The molecule has 5 atom stereocenters. The second-order valence-corrected chi connectivity index (χ2v) is 14.9. The summed E-state index contributed by atoms with van der Waals surface area (Å²) in [7, 11) is 0. The zero-order chi connectivity index (χ0) is 32.7. The van der Waals surface area contributed by atoms with Gasteiger partial charge in [-0.05, 0) is 61.6 Å². The van der Waals surface area contributed by atoms with Crippen molar-refractivity contribution in [3.63, 3.8) is 0 Å². The first-order chi connectivity index (χ1) is 22.1. The van der Waals surface area contributed by atoms with E-state index in [4.69, 9.17) is 9.72 Å². The van der Waals surface area contributed by atoms with E-state index < -0.39 is 12.1 Å². The molecule has 236 valence electrons. The molecule has 3 aromatic carbocycles. The fourth-order valence-corrected chi connectivity index (χ4v) is 8.12. The molecule has 5 unspecified atom stereocenters. The Labute approximate surface area is 292 Å². The Morgan fingerprint density at radius 3 is 2.13 bits per heavy atom. The summed E-state index contributed by atoms with van der Waals surface area (Å²) in [6, 6.07) is 21.4. The number of fused-ring (bicyclic) bond motifs is 2. The Hall–Kier alpha value is -3.21. The summed E-state index contributed by atoms with van der Waals surface area (Å²) in [5.74, 6) is -1.90. The number of carbonyl (C=O) groups is 4. The standard InChI is InChI=1S/C36H31Br3N2O5/c1-3-19-14-22(37)15-24-27(36(45)46-31(4-2)33(42)21-8-6-5-7-9-21)18-30(40-32(19)24)20-10-12-23(13-11-20)41-34(43)25-16-28(38)29(39)17-26(25)35(41)44/h5-15,18,25-26,28-29,31H,3-4,16-17H2,1-2H3. The van der Waals surface area contributed by atoms with Crippen LogP contribution in [0.2, 0.25) is 0 Å². The van der Waals surface area contributed by atoms with Crippen LogP contribution in [0, 0.1) is 11.8 Å². The minimum atomic E-state index is -0.947. The van der Waals surface area contributed by atoms with Gasteiger partial charge >= 0.3 is 5.97 Å². The molecule has 1 aliphatic carbocycles. The van der Waals surface area contributed by atoms with Crippen molar-refractivity contribution in [1.29, 1.82) is 0 Å². The van der Waals surface area contributed by atoms with Gasteiger partial charge in [-0.15, -0.1) is 0 Å². The van der Waals surface area contributed by atoms with E-state index in [1.165, 1.54) is 4.90 Å². The summed E-state index contributed by atoms with van der Waals surface area (Å²) in [5, 5.41) is 0.615. The third kappa shape index (κ3) is 6.11. The van der Waals surface area contributed by atoms with Gasteiger partial charge in [-0.2, -0.15) is 0 Å². The molecular formula is C36H31Br3N2O5. The number of benzene rings is 3. The van der Waals surface area contributed by atoms with Crippen molar-refractivity contribution in [3.05, 3.63) is 94.0 Å². The van der Waals surface area contributed by atoms with Crippen LogP contribution in [0.5, 0.6) is 0 Å². The van der Waals surface area contributed by atoms with Crippen LogP contribution in [0.4, 0.5) is 5.69 Å². The van der Waals surface area contributed by atoms with Crippen molar-refractivity contribution >= 4 is 87.9 Å². The number of pyridine rings is 1. The number of rotatable bonds is 8. The number of hydrogen-bond donors (Lipinski definition) is 0. The topological polar surface area (TPSA) is 93.6 Å². The molecule has 2 heterocycles. The summed E-state index contributed by atoms with van der Waals surface area (Å²) in [6.07, 6.45) is 1.26. The molecule has 0 N–H and O–H groups in total. The summed E-state index contributed by atoms with van der Waals surface area (Å²) < 4.78 is 6.67. The maximum atomic E-state index is 13.8. The molecule has 7 nitrogen and oxygen atoms in total. The van der Waals surface area contributed by atoms with Crippen LogP contribution in [0.15, 0.2) is 77.3 Å². The summed E-state index contributed by atoms with van der Waals surface area (Å²) in [6.45, 7) is 3.83. The lowest BCUT2D eigenvalue weighted by Crippen LogP contribution is -2.34. The first kappa shape index (κ1) is 32.7. The Bertz CT molecular complexity index is 1820. The lowest BCUT2D eigenvalue weighted by atomic mass is 9.81. The average Bonchev–Trinajstić information content (AvgIpc) is 3.30. The van der Waals surface area contributed by atoms with E-state index in [1.807, 2.05) is 32.0 Å². The Morgan fingerprint density at radius 2 is 1.54 bits per heavy atom. The number of aromatic nitrogens is 1. The molecule has 0 bridgehead atoms. The van der Waals surface area contributed by atoms with E-state index in [9.17, 15) is 19.2 Å². The predicted molar refractivity (Wildman–Crippen MR) is 189 cm³/mol. The van der Waals surface area contributed by atoms with E-state index in [0.717, 1.165) is 10.0 Å². The number of amides is 2. The van der Waals surface area contributed by atoms with Gasteiger partial charge in [-0.1, -0.05) is 104 Å². The van der Waals surface area contributed by atoms with E-state index in [2.05, 4.69) is 47.8 Å². The van der Waals surface area contributed by atoms with Crippen molar-refractivity contribution in [3.8, 4) is 11.3 Å². The first-order valence-corrected chi connectivity index (χ1v) is 17.9. The number of Topliss-reactive ketones (excluding diaryl/α,β-unsaturated/α-hetero) is 1. The van der Waals surface area contributed by atoms with E-state index in [1.54, 1.807) is 54.6 Å². The molecule has 2 aliphatic rings. The number of carbonyl (C=O) groups excluding carboxylic acids is 4. The van der Waals surface area contributed by atoms with E-state index >= 15 is 0 Å². The van der Waals surface area contributed by atoms with Crippen molar-refractivity contribution < 1.29 is 23.9 Å². The zero-order valence-electron chi connectivity index (χ0n) is 25.2. The normalized spacial score (nSPS) is 21.7. The number of hydrogen-bond acceptors (Lipinski definition) is 6. The fourth-order valence-electron chi connectivity index (χ4n) is 6.38. The highest BCUT2D eigenvalue weighted by atomic mass is 79.9. The van der Waals surface area contributed by atoms with Crippen LogP contribution in [0.3, 0.4) is 0 Å². The number of esters is 1. The smallest absolute Gasteiger partial charge is 0.339 e. The predicted octanol–water partition coefficient (Wildman–Crippen LogP) is 8.47. The second-order valence-electron chi connectivity index (χ2n) is 11.7. The molecule has 1 saturated heterocycles. The van der Waals surface area contributed by atoms with Crippen molar-refractivity contribution in [2.24, 2.45) is 11.8 Å². The van der Waals surface area contributed by atoms with Gasteiger partial charge in [0.05, 0.1) is 34.3 Å². The second kappa shape index (κ2) is 13.5. The first-order valence-electron chi connectivity index (χ1n) is 15.3. The lowest BCUT2D eigenvalue weighted by Gasteiger charge is -2.29. The molecule has 2 amide bonds. The quantitative estimate of drug-likeness (QED) is 0.0768. The number of anilines is 1. The lowest BCUT2D eigenvalue weighted by molar-refractivity contribution is -0.122. The Morgan fingerprint density at radius 1 is 0.913 bits per heavy atom. The van der Waals surface area contributed by atoms with Gasteiger partial charge in [0.2, 0.25) is 17.6 Å². The number of imide groups is 1. The van der Waals surface area contributed by atoms with Gasteiger partial charge in [0, 0.05) is 30.6 Å². The van der Waals surface area contributed by atoms with Crippen molar-refractivity contribution in [1.82, 2.24) is 4.98 Å². The van der Waals surface area contributed by atoms with Gasteiger partial charge < -0.3 is 4.74 Å². The zero-order valence-corrected chi connectivity index (χ0v) is 30.0. The molecule has 6 rings (SSSR count). The number of alkyl halides is 2. The van der Waals surface area contributed by atoms with Gasteiger partial charge in [-0.3, -0.25) is 19.3 Å². The molecule has 1 aliphatic heterocycles. The minimum absolute atomic E-state index is 0.130. The van der Waals surface area contributed by atoms with Crippen molar-refractivity contribution in [2.75, 3.05) is 4.90 Å². The molecule has 1 aromatic heterocycles. The number of ether oxygens (including phenoxy) is 1. The summed E-state index contributed by atoms with van der Waals surface area (Å²) >= 11 is 10.9. The van der Waals surface area contributed by atoms with E-state index in [0.29, 0.717) is 64.7 Å².